The number of rotatable bonds is 4. The van der Waals surface area contributed by atoms with Gasteiger partial charge in [0.25, 0.3) is 0 Å². The summed E-state index contributed by atoms with van der Waals surface area (Å²) in [6, 6.07) is 2.63. The molecule has 1 rings (SSSR count). The molecule has 0 spiro atoms. The standard InChI is InChI=1S/C10H14Cl2N2O2S/c1-6(2)14-17(15,16)9-4-3-8(11)7(5-13)10(9)12/h3-4,6,14H,5,13H2,1-2H3. The van der Waals surface area contributed by atoms with E-state index >= 15 is 0 Å². The molecule has 0 aliphatic rings. The predicted octanol–water partition coefficient (Wildman–Crippen LogP) is 2.14. The van der Waals surface area contributed by atoms with Gasteiger partial charge < -0.3 is 5.73 Å². The number of nitrogens with one attached hydrogen (secondary N) is 1. The maximum absolute atomic E-state index is 12.0. The van der Waals surface area contributed by atoms with Gasteiger partial charge in [-0.15, -0.1) is 0 Å². The molecule has 1 aromatic carbocycles. The van der Waals surface area contributed by atoms with Gasteiger partial charge >= 0.3 is 0 Å². The number of nitrogens with two attached hydrogens (primary N) is 1. The van der Waals surface area contributed by atoms with E-state index in [1.807, 2.05) is 0 Å². The highest BCUT2D eigenvalue weighted by Crippen LogP contribution is 2.30. The van der Waals surface area contributed by atoms with Crippen LogP contribution in [0.1, 0.15) is 19.4 Å². The minimum absolute atomic E-state index is 0.00211. The van der Waals surface area contributed by atoms with E-state index in [0.717, 1.165) is 0 Å². The van der Waals surface area contributed by atoms with E-state index in [4.69, 9.17) is 28.9 Å². The van der Waals surface area contributed by atoms with Crippen molar-refractivity contribution in [3.05, 3.63) is 27.7 Å². The van der Waals surface area contributed by atoms with Gasteiger partial charge in [-0.1, -0.05) is 23.2 Å². The first-order valence-electron chi connectivity index (χ1n) is 4.99. The van der Waals surface area contributed by atoms with E-state index in [2.05, 4.69) is 4.72 Å². The summed E-state index contributed by atoms with van der Waals surface area (Å²) in [5.41, 5.74) is 5.91. The molecule has 0 fully saturated rings. The molecule has 4 nitrogen and oxygen atoms in total. The molecule has 0 aromatic heterocycles. The van der Waals surface area contributed by atoms with Crippen LogP contribution in [0, 0.1) is 0 Å². The Morgan fingerprint density at radius 3 is 2.41 bits per heavy atom. The summed E-state index contributed by atoms with van der Waals surface area (Å²) >= 11 is 11.9. The van der Waals surface area contributed by atoms with E-state index in [1.54, 1.807) is 13.8 Å². The number of sulfonamides is 1. The summed E-state index contributed by atoms with van der Waals surface area (Å²) in [7, 11) is -3.64. The SMILES string of the molecule is CC(C)NS(=O)(=O)c1ccc(Cl)c(CN)c1Cl. The number of benzene rings is 1. The topological polar surface area (TPSA) is 72.2 Å². The molecule has 7 heteroatoms. The molecule has 0 amide bonds. The third-order valence-electron chi connectivity index (χ3n) is 2.04. The molecule has 0 saturated carbocycles. The molecule has 96 valence electrons. The average molecular weight is 297 g/mol. The fraction of sp³-hybridized carbons (Fsp3) is 0.400. The Labute approximate surface area is 111 Å². The van der Waals surface area contributed by atoms with Gasteiger partial charge in [0.1, 0.15) is 4.90 Å². The van der Waals surface area contributed by atoms with Gasteiger partial charge in [-0.2, -0.15) is 0 Å². The van der Waals surface area contributed by atoms with Crippen molar-refractivity contribution in [1.29, 1.82) is 0 Å². The second-order valence-electron chi connectivity index (χ2n) is 3.82. The second kappa shape index (κ2) is 5.54. The molecule has 0 heterocycles. The van der Waals surface area contributed by atoms with Gasteiger partial charge in [-0.25, -0.2) is 13.1 Å². The second-order valence-corrected chi connectivity index (χ2v) is 6.29. The van der Waals surface area contributed by atoms with Gasteiger partial charge in [-0.3, -0.25) is 0 Å². The summed E-state index contributed by atoms with van der Waals surface area (Å²) < 4.78 is 26.4. The van der Waals surface area contributed by atoms with Crippen LogP contribution < -0.4 is 10.5 Å². The Balaban J connectivity index is 3.34. The van der Waals surface area contributed by atoms with Crippen molar-refractivity contribution in [3.8, 4) is 0 Å². The molecule has 3 N–H and O–H groups in total. The monoisotopic (exact) mass is 296 g/mol. The van der Waals surface area contributed by atoms with Gasteiger partial charge in [0.05, 0.1) is 5.02 Å². The summed E-state index contributed by atoms with van der Waals surface area (Å²) in [4.78, 5) is -0.00211. The minimum Gasteiger partial charge on any atom is -0.326 e. The highest BCUT2D eigenvalue weighted by Gasteiger charge is 2.21. The van der Waals surface area contributed by atoms with Crippen LogP contribution >= 0.6 is 23.2 Å². The normalized spacial score (nSPS) is 12.1. The Morgan fingerprint density at radius 1 is 1.35 bits per heavy atom. The van der Waals surface area contributed by atoms with Crippen molar-refractivity contribution in [2.24, 2.45) is 5.73 Å². The largest absolute Gasteiger partial charge is 0.326 e. The number of halogens is 2. The fourth-order valence-corrected chi connectivity index (χ4v) is 3.53. The predicted molar refractivity (Wildman–Crippen MR) is 69.8 cm³/mol. The van der Waals surface area contributed by atoms with Gasteiger partial charge in [0.2, 0.25) is 10.0 Å². The Hall–Kier alpha value is -0.330. The van der Waals surface area contributed by atoms with Crippen molar-refractivity contribution in [3.63, 3.8) is 0 Å². The molecular formula is C10H14Cl2N2O2S. The van der Waals surface area contributed by atoms with Crippen molar-refractivity contribution in [2.75, 3.05) is 0 Å². The summed E-state index contributed by atoms with van der Waals surface area (Å²) in [6.07, 6.45) is 0. The van der Waals surface area contributed by atoms with Crippen LogP contribution in [0.3, 0.4) is 0 Å². The first kappa shape index (κ1) is 14.7. The quantitative estimate of drug-likeness (QED) is 0.894. The third-order valence-corrected chi connectivity index (χ3v) is 4.63. The van der Waals surface area contributed by atoms with E-state index in [0.29, 0.717) is 10.6 Å². The van der Waals surface area contributed by atoms with E-state index in [-0.39, 0.29) is 22.5 Å². The van der Waals surface area contributed by atoms with Crippen LogP contribution in [0.2, 0.25) is 10.0 Å². The highest BCUT2D eigenvalue weighted by atomic mass is 35.5. The Morgan fingerprint density at radius 2 is 1.94 bits per heavy atom. The first-order valence-corrected chi connectivity index (χ1v) is 7.22. The molecule has 0 saturated heterocycles. The smallest absolute Gasteiger partial charge is 0.242 e. The Bertz CT molecular complexity index is 515. The van der Waals surface area contributed by atoms with E-state index in [1.165, 1.54) is 12.1 Å². The molecule has 17 heavy (non-hydrogen) atoms. The lowest BCUT2D eigenvalue weighted by Crippen LogP contribution is -2.30. The molecule has 0 radical (unpaired) electrons. The van der Waals surface area contributed by atoms with Crippen LogP contribution in [0.25, 0.3) is 0 Å². The summed E-state index contributed by atoms with van der Waals surface area (Å²) in [5.74, 6) is 0. The molecule has 0 atom stereocenters. The van der Waals surface area contributed by atoms with Gasteiger partial charge in [0, 0.05) is 23.2 Å². The summed E-state index contributed by atoms with van der Waals surface area (Å²) in [5, 5.41) is 0.439. The molecule has 0 aliphatic carbocycles. The van der Waals surface area contributed by atoms with Crippen LogP contribution in [0.15, 0.2) is 17.0 Å². The van der Waals surface area contributed by atoms with Crippen molar-refractivity contribution < 1.29 is 8.42 Å². The average Bonchev–Trinajstić information content (AvgIpc) is 2.15. The lowest BCUT2D eigenvalue weighted by Gasteiger charge is -2.13. The number of hydrogen-bond acceptors (Lipinski definition) is 3. The third kappa shape index (κ3) is 3.33. The zero-order valence-corrected chi connectivity index (χ0v) is 11.8. The van der Waals surface area contributed by atoms with E-state index in [9.17, 15) is 8.42 Å². The molecule has 0 unspecified atom stereocenters. The zero-order chi connectivity index (χ0) is 13.2. The van der Waals surface area contributed by atoms with Crippen LogP contribution in [-0.4, -0.2) is 14.5 Å². The van der Waals surface area contributed by atoms with Crippen LogP contribution in [0.4, 0.5) is 0 Å². The van der Waals surface area contributed by atoms with Crippen molar-refractivity contribution in [2.45, 2.75) is 31.3 Å². The van der Waals surface area contributed by atoms with Gasteiger partial charge in [-0.05, 0) is 26.0 Å². The Kier molecular flexibility index (Phi) is 4.80. The van der Waals surface area contributed by atoms with Crippen LogP contribution in [0.5, 0.6) is 0 Å². The van der Waals surface area contributed by atoms with Crippen molar-refractivity contribution in [1.82, 2.24) is 4.72 Å². The van der Waals surface area contributed by atoms with Crippen LogP contribution in [-0.2, 0) is 16.6 Å². The molecule has 0 bridgehead atoms. The first-order chi connectivity index (χ1) is 7.79. The maximum Gasteiger partial charge on any atom is 0.242 e. The molecule has 0 aliphatic heterocycles. The van der Waals surface area contributed by atoms with Crippen molar-refractivity contribution >= 4 is 33.2 Å². The summed E-state index contributed by atoms with van der Waals surface area (Å²) in [6.45, 7) is 3.54. The lowest BCUT2D eigenvalue weighted by atomic mass is 10.2. The minimum atomic E-state index is -3.64. The fourth-order valence-electron chi connectivity index (χ4n) is 1.34. The van der Waals surface area contributed by atoms with E-state index < -0.39 is 10.0 Å². The number of hydrogen-bond donors (Lipinski definition) is 2. The maximum atomic E-state index is 12.0. The van der Waals surface area contributed by atoms with Gasteiger partial charge in [0.15, 0.2) is 0 Å². The molecule has 1 aromatic rings. The lowest BCUT2D eigenvalue weighted by molar-refractivity contribution is 0.570. The zero-order valence-electron chi connectivity index (χ0n) is 9.50. The molecular weight excluding hydrogens is 283 g/mol. The highest BCUT2D eigenvalue weighted by molar-refractivity contribution is 7.89.